The number of rotatable bonds is 1. The molecule has 2 aromatic rings. The molecule has 0 saturated carbocycles. The molecule has 0 unspecified atom stereocenters. The number of aryl methyl sites for hydroxylation is 1. The fourth-order valence-electron chi connectivity index (χ4n) is 1.63. The van der Waals surface area contributed by atoms with Crippen molar-refractivity contribution < 1.29 is 5.11 Å². The number of pyridine rings is 1. The summed E-state index contributed by atoms with van der Waals surface area (Å²) in [7, 11) is 0. The fourth-order valence-corrected chi connectivity index (χ4v) is 1.63. The number of aliphatic hydroxyl groups is 1. The van der Waals surface area contributed by atoms with E-state index in [2.05, 4.69) is 4.98 Å². The van der Waals surface area contributed by atoms with Crippen LogP contribution < -0.4 is 5.56 Å². The number of fused-ring (bicyclic) bond motifs is 1. The predicted octanol–water partition coefficient (Wildman–Crippen LogP) is 1.33. The van der Waals surface area contributed by atoms with Crippen molar-refractivity contribution in [2.45, 2.75) is 13.5 Å². The third kappa shape index (κ3) is 1.32. The Balaban J connectivity index is 2.94. The largest absolute Gasteiger partial charge is 0.392 e. The van der Waals surface area contributed by atoms with E-state index < -0.39 is 0 Å². The van der Waals surface area contributed by atoms with Crippen LogP contribution in [0.4, 0.5) is 0 Å². The minimum absolute atomic E-state index is 0.107. The van der Waals surface area contributed by atoms with Crippen molar-refractivity contribution in [2.75, 3.05) is 0 Å². The molecular formula is C11H11NO2. The molecule has 0 spiro atoms. The van der Waals surface area contributed by atoms with Crippen molar-refractivity contribution in [1.82, 2.24) is 4.98 Å². The molecule has 0 aliphatic carbocycles. The minimum atomic E-state index is -0.171. The van der Waals surface area contributed by atoms with E-state index in [1.165, 1.54) is 6.07 Å². The zero-order valence-electron chi connectivity index (χ0n) is 7.87. The van der Waals surface area contributed by atoms with Gasteiger partial charge in [0.2, 0.25) is 5.56 Å². The molecule has 2 rings (SSSR count). The van der Waals surface area contributed by atoms with Crippen LogP contribution in [0.1, 0.15) is 11.1 Å². The van der Waals surface area contributed by atoms with Crippen LogP contribution in [0.25, 0.3) is 10.9 Å². The third-order valence-electron chi connectivity index (χ3n) is 2.34. The molecule has 0 saturated heterocycles. The fraction of sp³-hybridized carbons (Fsp3) is 0.182. The summed E-state index contributed by atoms with van der Waals surface area (Å²) < 4.78 is 0. The SMILES string of the molecule is Cc1cccc2c(CO)cc(=O)[nH]c12. The number of para-hydroxylation sites is 1. The van der Waals surface area contributed by atoms with Crippen LogP contribution >= 0.6 is 0 Å². The Bertz CT molecular complexity index is 528. The van der Waals surface area contributed by atoms with Crippen LogP contribution in [0.2, 0.25) is 0 Å². The van der Waals surface area contributed by atoms with Gasteiger partial charge in [0.1, 0.15) is 0 Å². The van der Waals surface area contributed by atoms with Crippen molar-refractivity contribution in [2.24, 2.45) is 0 Å². The first-order valence-corrected chi connectivity index (χ1v) is 4.45. The Morgan fingerprint density at radius 1 is 1.43 bits per heavy atom. The highest BCUT2D eigenvalue weighted by molar-refractivity contribution is 5.84. The number of hydrogen-bond acceptors (Lipinski definition) is 2. The first-order valence-electron chi connectivity index (χ1n) is 4.45. The average molecular weight is 189 g/mol. The van der Waals surface area contributed by atoms with Crippen LogP contribution in [-0.2, 0) is 6.61 Å². The minimum Gasteiger partial charge on any atom is -0.392 e. The maximum atomic E-state index is 11.2. The van der Waals surface area contributed by atoms with E-state index in [1.54, 1.807) is 0 Å². The number of aliphatic hydroxyl groups excluding tert-OH is 1. The number of nitrogens with one attached hydrogen (secondary N) is 1. The average Bonchev–Trinajstić information content (AvgIpc) is 2.18. The first kappa shape index (κ1) is 8.97. The molecule has 0 bridgehead atoms. The standard InChI is InChI=1S/C11H11NO2/c1-7-3-2-4-9-8(6-13)5-10(14)12-11(7)9/h2-5,13H,6H2,1H3,(H,12,14). The lowest BCUT2D eigenvalue weighted by atomic mass is 10.1. The van der Waals surface area contributed by atoms with Crippen molar-refractivity contribution in [1.29, 1.82) is 0 Å². The second-order valence-electron chi connectivity index (χ2n) is 3.31. The smallest absolute Gasteiger partial charge is 0.248 e. The molecule has 0 aliphatic rings. The molecule has 0 atom stereocenters. The van der Waals surface area contributed by atoms with Crippen LogP contribution in [0.5, 0.6) is 0 Å². The number of aromatic nitrogens is 1. The molecule has 2 N–H and O–H groups in total. The van der Waals surface area contributed by atoms with Crippen LogP contribution in [0.3, 0.4) is 0 Å². The number of aromatic amines is 1. The van der Waals surface area contributed by atoms with E-state index in [0.717, 1.165) is 16.5 Å². The molecule has 0 radical (unpaired) electrons. The summed E-state index contributed by atoms with van der Waals surface area (Å²) in [4.78, 5) is 14.0. The number of benzene rings is 1. The monoisotopic (exact) mass is 189 g/mol. The maximum absolute atomic E-state index is 11.2. The Hall–Kier alpha value is -1.61. The van der Waals surface area contributed by atoms with E-state index in [0.29, 0.717) is 5.56 Å². The van der Waals surface area contributed by atoms with Gasteiger partial charge >= 0.3 is 0 Å². The van der Waals surface area contributed by atoms with E-state index in [4.69, 9.17) is 5.11 Å². The summed E-state index contributed by atoms with van der Waals surface area (Å²) in [6, 6.07) is 7.17. The van der Waals surface area contributed by atoms with Crippen molar-refractivity contribution in [3.8, 4) is 0 Å². The topological polar surface area (TPSA) is 53.1 Å². The Morgan fingerprint density at radius 3 is 2.93 bits per heavy atom. The summed E-state index contributed by atoms with van der Waals surface area (Å²) >= 11 is 0. The normalized spacial score (nSPS) is 10.7. The van der Waals surface area contributed by atoms with E-state index in [9.17, 15) is 4.79 Å². The summed E-state index contributed by atoms with van der Waals surface area (Å²) in [6.45, 7) is 1.82. The van der Waals surface area contributed by atoms with Crippen molar-refractivity contribution in [3.63, 3.8) is 0 Å². The van der Waals surface area contributed by atoms with Crippen LogP contribution in [0.15, 0.2) is 29.1 Å². The van der Waals surface area contributed by atoms with Gasteiger partial charge in [-0.3, -0.25) is 4.79 Å². The zero-order valence-corrected chi connectivity index (χ0v) is 7.87. The van der Waals surface area contributed by atoms with Crippen molar-refractivity contribution >= 4 is 10.9 Å². The van der Waals surface area contributed by atoms with Gasteiger partial charge in [0.25, 0.3) is 0 Å². The maximum Gasteiger partial charge on any atom is 0.248 e. The van der Waals surface area contributed by atoms with E-state index >= 15 is 0 Å². The lowest BCUT2D eigenvalue weighted by Gasteiger charge is -2.05. The highest BCUT2D eigenvalue weighted by atomic mass is 16.3. The summed E-state index contributed by atoms with van der Waals surface area (Å²) in [6.07, 6.45) is 0. The second kappa shape index (κ2) is 3.27. The molecule has 0 amide bonds. The van der Waals surface area contributed by atoms with Crippen molar-refractivity contribution in [3.05, 3.63) is 45.7 Å². The van der Waals surface area contributed by atoms with Gasteiger partial charge in [-0.05, 0) is 18.1 Å². The molecular weight excluding hydrogens is 178 g/mol. The van der Waals surface area contributed by atoms with Gasteiger partial charge in [0.05, 0.1) is 12.1 Å². The third-order valence-corrected chi connectivity index (χ3v) is 2.34. The summed E-state index contributed by atoms with van der Waals surface area (Å²) in [5.74, 6) is 0. The Kier molecular flexibility index (Phi) is 2.09. The summed E-state index contributed by atoms with van der Waals surface area (Å²) in [5, 5.41) is 10.0. The van der Waals surface area contributed by atoms with Gasteiger partial charge < -0.3 is 10.1 Å². The van der Waals surface area contributed by atoms with Gasteiger partial charge in [-0.2, -0.15) is 0 Å². The summed E-state index contributed by atoms with van der Waals surface area (Å²) in [5.41, 5.74) is 2.32. The molecule has 0 fully saturated rings. The lowest BCUT2D eigenvalue weighted by Crippen LogP contribution is -2.07. The quantitative estimate of drug-likeness (QED) is 0.711. The van der Waals surface area contributed by atoms with Gasteiger partial charge in [0.15, 0.2) is 0 Å². The van der Waals surface area contributed by atoms with Crippen LogP contribution in [0, 0.1) is 6.92 Å². The first-order chi connectivity index (χ1) is 6.72. The molecule has 1 aromatic carbocycles. The zero-order chi connectivity index (χ0) is 10.1. The molecule has 1 heterocycles. The molecule has 1 aromatic heterocycles. The van der Waals surface area contributed by atoms with Gasteiger partial charge in [-0.1, -0.05) is 18.2 Å². The van der Waals surface area contributed by atoms with Gasteiger partial charge in [-0.15, -0.1) is 0 Å². The Morgan fingerprint density at radius 2 is 2.21 bits per heavy atom. The highest BCUT2D eigenvalue weighted by Crippen LogP contribution is 2.17. The van der Waals surface area contributed by atoms with E-state index in [1.807, 2.05) is 25.1 Å². The molecule has 3 nitrogen and oxygen atoms in total. The van der Waals surface area contributed by atoms with E-state index in [-0.39, 0.29) is 12.2 Å². The molecule has 0 aliphatic heterocycles. The number of hydrogen-bond donors (Lipinski definition) is 2. The predicted molar refractivity (Wildman–Crippen MR) is 55.2 cm³/mol. The van der Waals surface area contributed by atoms with Gasteiger partial charge in [0, 0.05) is 11.5 Å². The molecule has 72 valence electrons. The van der Waals surface area contributed by atoms with Crippen LogP contribution in [-0.4, -0.2) is 10.1 Å². The lowest BCUT2D eigenvalue weighted by molar-refractivity contribution is 0.283. The van der Waals surface area contributed by atoms with Gasteiger partial charge in [-0.25, -0.2) is 0 Å². The Labute approximate surface area is 81.0 Å². The molecule has 3 heteroatoms. The second-order valence-corrected chi connectivity index (χ2v) is 3.31. The highest BCUT2D eigenvalue weighted by Gasteiger charge is 2.03. The molecule has 14 heavy (non-hydrogen) atoms. The number of H-pyrrole nitrogens is 1.